The Morgan fingerprint density at radius 1 is 1.48 bits per heavy atom. The summed E-state index contributed by atoms with van der Waals surface area (Å²) in [4.78, 5) is 14.0. The number of rotatable bonds is 5. The molecule has 0 amide bonds. The molecular formula is C15H22N4OS. The predicted molar refractivity (Wildman–Crippen MR) is 88.4 cm³/mol. The molecule has 0 bridgehead atoms. The molecule has 3 heterocycles. The van der Waals surface area contributed by atoms with E-state index in [1.165, 1.54) is 10.3 Å². The molecule has 0 aliphatic carbocycles. The van der Waals surface area contributed by atoms with Crippen LogP contribution in [0.3, 0.4) is 0 Å². The summed E-state index contributed by atoms with van der Waals surface area (Å²) in [6, 6.07) is 2.23. The number of hydrogen-bond donors (Lipinski definition) is 2. The minimum atomic E-state index is 0.276. The summed E-state index contributed by atoms with van der Waals surface area (Å²) in [6.07, 6.45) is 3.04. The van der Waals surface area contributed by atoms with Gasteiger partial charge in [-0.15, -0.1) is 11.3 Å². The van der Waals surface area contributed by atoms with E-state index in [-0.39, 0.29) is 6.61 Å². The Morgan fingerprint density at radius 2 is 2.33 bits per heavy atom. The summed E-state index contributed by atoms with van der Waals surface area (Å²) in [5.41, 5.74) is 0. The number of nitrogens with zero attached hydrogens (tertiary/aromatic N) is 3. The number of anilines is 2. The van der Waals surface area contributed by atoms with E-state index in [1.54, 1.807) is 11.3 Å². The summed E-state index contributed by atoms with van der Waals surface area (Å²) < 4.78 is 0. The van der Waals surface area contributed by atoms with Gasteiger partial charge < -0.3 is 15.3 Å². The number of aromatic nitrogens is 2. The van der Waals surface area contributed by atoms with Crippen LogP contribution < -0.4 is 10.2 Å². The number of hydrogen-bond acceptors (Lipinski definition) is 6. The zero-order valence-corrected chi connectivity index (χ0v) is 13.4. The molecule has 114 valence electrons. The van der Waals surface area contributed by atoms with Gasteiger partial charge in [0.25, 0.3) is 0 Å². The van der Waals surface area contributed by atoms with E-state index in [9.17, 15) is 0 Å². The van der Waals surface area contributed by atoms with Crippen LogP contribution in [0.1, 0.15) is 24.6 Å². The largest absolute Gasteiger partial charge is 0.396 e. The van der Waals surface area contributed by atoms with Crippen molar-refractivity contribution in [2.24, 2.45) is 5.92 Å². The van der Waals surface area contributed by atoms with E-state index < -0.39 is 0 Å². The minimum absolute atomic E-state index is 0.276. The molecule has 6 heteroatoms. The van der Waals surface area contributed by atoms with E-state index in [1.807, 2.05) is 7.05 Å². The fourth-order valence-corrected chi connectivity index (χ4v) is 3.89. The van der Waals surface area contributed by atoms with Crippen molar-refractivity contribution in [1.82, 2.24) is 9.97 Å². The highest BCUT2D eigenvalue weighted by atomic mass is 32.1. The Kier molecular flexibility index (Phi) is 4.26. The number of aliphatic hydroxyl groups is 1. The maximum absolute atomic E-state index is 9.12. The zero-order chi connectivity index (χ0) is 14.8. The normalized spacial score (nSPS) is 18.6. The molecule has 2 N–H and O–H groups in total. The van der Waals surface area contributed by atoms with Crippen molar-refractivity contribution in [2.75, 3.05) is 37.0 Å². The van der Waals surface area contributed by atoms with Crippen LogP contribution in [0.15, 0.2) is 6.07 Å². The lowest BCUT2D eigenvalue weighted by Gasteiger charge is -2.19. The third-order valence-electron chi connectivity index (χ3n) is 4.12. The third kappa shape index (κ3) is 2.82. The maximum atomic E-state index is 9.12. The molecule has 5 nitrogen and oxygen atoms in total. The molecule has 1 aliphatic rings. The molecule has 21 heavy (non-hydrogen) atoms. The molecule has 1 saturated heterocycles. The molecule has 0 spiro atoms. The molecule has 3 rings (SSSR count). The van der Waals surface area contributed by atoms with Gasteiger partial charge in [0, 0.05) is 31.6 Å². The quantitative estimate of drug-likeness (QED) is 0.889. The van der Waals surface area contributed by atoms with Gasteiger partial charge in [-0.3, -0.25) is 0 Å². The van der Waals surface area contributed by atoms with E-state index in [0.717, 1.165) is 43.0 Å². The average Bonchev–Trinajstić information content (AvgIpc) is 3.12. The first kappa shape index (κ1) is 14.5. The van der Waals surface area contributed by atoms with E-state index in [2.05, 4.69) is 28.2 Å². The van der Waals surface area contributed by atoms with Gasteiger partial charge in [0.15, 0.2) is 0 Å². The molecule has 2 aromatic heterocycles. The standard InChI is InChI=1S/C15H22N4OS/c1-3-11-8-12-13(17-15(16-2)18-14(12)21-11)19-6-4-10(9-19)5-7-20/h8,10,20H,3-7,9H2,1-2H3,(H,16,17,18). The van der Waals surface area contributed by atoms with Crippen molar-refractivity contribution in [3.05, 3.63) is 10.9 Å². The molecule has 0 saturated carbocycles. The second kappa shape index (κ2) is 6.15. The van der Waals surface area contributed by atoms with Crippen LogP contribution in [0.2, 0.25) is 0 Å². The van der Waals surface area contributed by atoms with Crippen molar-refractivity contribution in [1.29, 1.82) is 0 Å². The van der Waals surface area contributed by atoms with Crippen LogP contribution in [0, 0.1) is 5.92 Å². The van der Waals surface area contributed by atoms with Gasteiger partial charge in [-0.05, 0) is 31.2 Å². The molecule has 2 aromatic rings. The molecule has 1 fully saturated rings. The second-order valence-electron chi connectivity index (χ2n) is 5.52. The average molecular weight is 306 g/mol. The summed E-state index contributed by atoms with van der Waals surface area (Å²) in [5.74, 6) is 2.30. The van der Waals surface area contributed by atoms with Gasteiger partial charge in [-0.1, -0.05) is 6.92 Å². The summed E-state index contributed by atoms with van der Waals surface area (Å²) in [5, 5.41) is 13.4. The van der Waals surface area contributed by atoms with Crippen LogP contribution >= 0.6 is 11.3 Å². The molecule has 0 aromatic carbocycles. The lowest BCUT2D eigenvalue weighted by Crippen LogP contribution is -2.21. The van der Waals surface area contributed by atoms with Crippen molar-refractivity contribution in [3.8, 4) is 0 Å². The maximum Gasteiger partial charge on any atom is 0.225 e. The minimum Gasteiger partial charge on any atom is -0.396 e. The smallest absolute Gasteiger partial charge is 0.225 e. The van der Waals surface area contributed by atoms with Crippen molar-refractivity contribution in [2.45, 2.75) is 26.2 Å². The molecular weight excluding hydrogens is 284 g/mol. The monoisotopic (exact) mass is 306 g/mol. The van der Waals surface area contributed by atoms with Gasteiger partial charge in [-0.25, -0.2) is 4.98 Å². The number of aliphatic hydroxyl groups excluding tert-OH is 1. The van der Waals surface area contributed by atoms with Crippen LogP contribution in [-0.2, 0) is 6.42 Å². The van der Waals surface area contributed by atoms with Crippen molar-refractivity contribution in [3.63, 3.8) is 0 Å². The Balaban J connectivity index is 1.98. The van der Waals surface area contributed by atoms with Crippen molar-refractivity contribution >= 4 is 33.3 Å². The highest BCUT2D eigenvalue weighted by Crippen LogP contribution is 2.35. The van der Waals surface area contributed by atoms with Crippen molar-refractivity contribution < 1.29 is 5.11 Å². The first-order valence-electron chi connectivity index (χ1n) is 7.59. The summed E-state index contributed by atoms with van der Waals surface area (Å²) >= 11 is 1.75. The van der Waals surface area contributed by atoms with Gasteiger partial charge in [0.05, 0.1) is 5.39 Å². The lowest BCUT2D eigenvalue weighted by molar-refractivity contribution is 0.263. The zero-order valence-electron chi connectivity index (χ0n) is 12.6. The predicted octanol–water partition coefficient (Wildman–Crippen LogP) is 2.50. The highest BCUT2D eigenvalue weighted by Gasteiger charge is 2.25. The fourth-order valence-electron chi connectivity index (χ4n) is 2.93. The number of thiophene rings is 1. The summed E-state index contributed by atoms with van der Waals surface area (Å²) in [6.45, 7) is 4.44. The Labute approximate surface area is 129 Å². The molecule has 1 atom stereocenters. The van der Waals surface area contributed by atoms with Crippen LogP contribution in [0.25, 0.3) is 10.2 Å². The molecule has 0 radical (unpaired) electrons. The van der Waals surface area contributed by atoms with E-state index in [0.29, 0.717) is 11.9 Å². The van der Waals surface area contributed by atoms with Gasteiger partial charge in [0.1, 0.15) is 10.6 Å². The number of aryl methyl sites for hydroxylation is 1. The van der Waals surface area contributed by atoms with Gasteiger partial charge in [-0.2, -0.15) is 4.98 Å². The van der Waals surface area contributed by atoms with E-state index >= 15 is 0 Å². The summed E-state index contributed by atoms with van der Waals surface area (Å²) in [7, 11) is 1.86. The van der Waals surface area contributed by atoms with Crippen LogP contribution in [0.5, 0.6) is 0 Å². The number of nitrogens with one attached hydrogen (secondary N) is 1. The first-order valence-corrected chi connectivity index (χ1v) is 8.40. The Hall–Kier alpha value is -1.40. The Bertz CT molecular complexity index is 627. The second-order valence-corrected chi connectivity index (χ2v) is 6.63. The highest BCUT2D eigenvalue weighted by molar-refractivity contribution is 7.18. The van der Waals surface area contributed by atoms with Gasteiger partial charge >= 0.3 is 0 Å². The third-order valence-corrected chi connectivity index (χ3v) is 5.29. The van der Waals surface area contributed by atoms with Gasteiger partial charge in [0.2, 0.25) is 5.95 Å². The fraction of sp³-hybridized carbons (Fsp3) is 0.600. The Morgan fingerprint density at radius 3 is 3.05 bits per heavy atom. The first-order chi connectivity index (χ1) is 10.2. The topological polar surface area (TPSA) is 61.3 Å². The SMILES string of the molecule is CCc1cc2c(N3CCC(CCO)C3)nc(NC)nc2s1. The lowest BCUT2D eigenvalue weighted by atomic mass is 10.1. The molecule has 1 aliphatic heterocycles. The van der Waals surface area contributed by atoms with Crippen LogP contribution in [-0.4, -0.2) is 41.8 Å². The number of fused-ring (bicyclic) bond motifs is 1. The van der Waals surface area contributed by atoms with E-state index in [4.69, 9.17) is 10.1 Å². The molecule has 1 unspecified atom stereocenters. The van der Waals surface area contributed by atoms with Crippen LogP contribution in [0.4, 0.5) is 11.8 Å².